The maximum absolute atomic E-state index is 11.1. The number of hydrogen-bond donors (Lipinski definition) is 1. The molecule has 1 aromatic carbocycles. The average Bonchev–Trinajstić information content (AvgIpc) is 2.76. The maximum Gasteiger partial charge on any atom is 0.237 e. The molecule has 2 rings (SSSR count). The molecule has 86 valence electrons. The lowest BCUT2D eigenvalue weighted by atomic mass is 10.2. The van der Waals surface area contributed by atoms with Gasteiger partial charge in [0.05, 0.1) is 6.61 Å². The van der Waals surface area contributed by atoms with Gasteiger partial charge >= 0.3 is 0 Å². The molecule has 0 bridgehead atoms. The van der Waals surface area contributed by atoms with Crippen LogP contribution < -0.4 is 5.73 Å². The lowest BCUT2D eigenvalue weighted by molar-refractivity contribution is -0.182. The van der Waals surface area contributed by atoms with E-state index in [9.17, 15) is 4.79 Å². The standard InChI is InChI=1S/C12H16N2O2/c13-12(15)11-7-4-8-14(11)16-9-10-5-2-1-3-6-10/h1-3,5-6,11H,4,7-9H2,(H2,13,15)/t11-/m0/s1. The SMILES string of the molecule is NC(=O)[C@@H]1CCCN1OCc1ccccc1. The van der Waals surface area contributed by atoms with Crippen molar-refractivity contribution in [3.8, 4) is 0 Å². The summed E-state index contributed by atoms with van der Waals surface area (Å²) in [4.78, 5) is 16.7. The second-order valence-corrected chi connectivity index (χ2v) is 3.96. The Labute approximate surface area is 94.9 Å². The molecule has 4 nitrogen and oxygen atoms in total. The zero-order valence-corrected chi connectivity index (χ0v) is 9.13. The summed E-state index contributed by atoms with van der Waals surface area (Å²) < 4.78 is 0. The molecule has 0 aliphatic carbocycles. The molecule has 1 heterocycles. The Kier molecular flexibility index (Phi) is 3.54. The number of nitrogens with zero attached hydrogens (tertiary/aromatic N) is 1. The van der Waals surface area contributed by atoms with Crippen LogP contribution in [0.4, 0.5) is 0 Å². The Balaban J connectivity index is 1.88. The number of nitrogens with two attached hydrogens (primary N) is 1. The summed E-state index contributed by atoms with van der Waals surface area (Å²) in [5, 5.41) is 1.70. The fraction of sp³-hybridized carbons (Fsp3) is 0.417. The first kappa shape index (κ1) is 11.1. The lowest BCUT2D eigenvalue weighted by Gasteiger charge is -2.21. The maximum atomic E-state index is 11.1. The fourth-order valence-electron chi connectivity index (χ4n) is 1.91. The number of rotatable bonds is 4. The minimum atomic E-state index is -0.300. The van der Waals surface area contributed by atoms with Gasteiger partial charge in [0, 0.05) is 6.54 Å². The highest BCUT2D eigenvalue weighted by atomic mass is 16.7. The molecule has 16 heavy (non-hydrogen) atoms. The van der Waals surface area contributed by atoms with E-state index in [2.05, 4.69) is 0 Å². The first-order valence-electron chi connectivity index (χ1n) is 5.50. The smallest absolute Gasteiger partial charge is 0.237 e. The normalized spacial score (nSPS) is 21.1. The third-order valence-corrected chi connectivity index (χ3v) is 2.77. The van der Waals surface area contributed by atoms with E-state index >= 15 is 0 Å². The minimum absolute atomic E-state index is 0.260. The summed E-state index contributed by atoms with van der Waals surface area (Å²) >= 11 is 0. The number of primary amides is 1. The largest absolute Gasteiger partial charge is 0.368 e. The zero-order valence-electron chi connectivity index (χ0n) is 9.13. The van der Waals surface area contributed by atoms with Crippen molar-refractivity contribution in [2.24, 2.45) is 5.73 Å². The van der Waals surface area contributed by atoms with E-state index in [1.807, 2.05) is 30.3 Å². The van der Waals surface area contributed by atoms with Crippen molar-refractivity contribution >= 4 is 5.91 Å². The van der Waals surface area contributed by atoms with Crippen molar-refractivity contribution in [2.45, 2.75) is 25.5 Å². The van der Waals surface area contributed by atoms with Gasteiger partial charge in [-0.1, -0.05) is 30.3 Å². The van der Waals surface area contributed by atoms with Crippen molar-refractivity contribution < 1.29 is 9.63 Å². The third-order valence-electron chi connectivity index (χ3n) is 2.77. The highest BCUT2D eigenvalue weighted by Crippen LogP contribution is 2.18. The van der Waals surface area contributed by atoms with Crippen LogP contribution in [-0.2, 0) is 16.2 Å². The summed E-state index contributed by atoms with van der Waals surface area (Å²) in [6, 6.07) is 9.63. The Hall–Kier alpha value is -1.39. The molecule has 1 amide bonds. The molecule has 1 aliphatic heterocycles. The molecule has 2 N–H and O–H groups in total. The summed E-state index contributed by atoms with van der Waals surface area (Å²) in [5.41, 5.74) is 6.39. The van der Waals surface area contributed by atoms with Gasteiger partial charge in [0.15, 0.2) is 0 Å². The lowest BCUT2D eigenvalue weighted by Crippen LogP contribution is -2.40. The molecule has 1 atom stereocenters. The van der Waals surface area contributed by atoms with Gasteiger partial charge < -0.3 is 5.73 Å². The van der Waals surface area contributed by atoms with Crippen molar-refractivity contribution in [2.75, 3.05) is 6.54 Å². The Morgan fingerprint density at radius 1 is 1.44 bits per heavy atom. The van der Waals surface area contributed by atoms with Crippen LogP contribution in [0.5, 0.6) is 0 Å². The van der Waals surface area contributed by atoms with E-state index in [0.717, 1.165) is 24.9 Å². The number of carbonyl (C=O) groups is 1. The van der Waals surface area contributed by atoms with E-state index < -0.39 is 0 Å². The van der Waals surface area contributed by atoms with Crippen LogP contribution in [0.1, 0.15) is 18.4 Å². The summed E-state index contributed by atoms with van der Waals surface area (Å²) in [6.45, 7) is 1.27. The summed E-state index contributed by atoms with van der Waals surface area (Å²) in [7, 11) is 0. The van der Waals surface area contributed by atoms with Crippen LogP contribution >= 0.6 is 0 Å². The summed E-state index contributed by atoms with van der Waals surface area (Å²) in [6.07, 6.45) is 1.76. The van der Waals surface area contributed by atoms with Crippen molar-refractivity contribution in [3.63, 3.8) is 0 Å². The second-order valence-electron chi connectivity index (χ2n) is 3.96. The number of benzene rings is 1. The van der Waals surface area contributed by atoms with Crippen LogP contribution in [0.15, 0.2) is 30.3 Å². The highest BCUT2D eigenvalue weighted by molar-refractivity contribution is 5.79. The summed E-state index contributed by atoms with van der Waals surface area (Å²) in [5.74, 6) is -0.300. The molecule has 1 fully saturated rings. The quantitative estimate of drug-likeness (QED) is 0.825. The second kappa shape index (κ2) is 5.09. The van der Waals surface area contributed by atoms with Crippen LogP contribution in [-0.4, -0.2) is 23.6 Å². The van der Waals surface area contributed by atoms with E-state index in [0.29, 0.717) is 6.61 Å². The number of carbonyl (C=O) groups excluding carboxylic acids is 1. The molecule has 0 unspecified atom stereocenters. The van der Waals surface area contributed by atoms with Crippen LogP contribution in [0.3, 0.4) is 0 Å². The van der Waals surface area contributed by atoms with Crippen LogP contribution in [0.2, 0.25) is 0 Å². The number of amides is 1. The molecule has 0 radical (unpaired) electrons. The predicted octanol–water partition coefficient (Wildman–Crippen LogP) is 1.07. The highest BCUT2D eigenvalue weighted by Gasteiger charge is 2.29. The molecule has 1 saturated heterocycles. The Morgan fingerprint density at radius 3 is 2.88 bits per heavy atom. The van der Waals surface area contributed by atoms with E-state index in [-0.39, 0.29) is 11.9 Å². The molecular weight excluding hydrogens is 204 g/mol. The Bertz CT molecular complexity index is 353. The molecule has 1 aromatic rings. The van der Waals surface area contributed by atoms with E-state index in [1.54, 1.807) is 5.06 Å². The number of hydrogen-bond acceptors (Lipinski definition) is 3. The van der Waals surface area contributed by atoms with Gasteiger partial charge in [-0.05, 0) is 18.4 Å². The van der Waals surface area contributed by atoms with Gasteiger partial charge in [-0.3, -0.25) is 9.63 Å². The average molecular weight is 220 g/mol. The molecule has 1 aliphatic rings. The van der Waals surface area contributed by atoms with Gasteiger partial charge in [-0.15, -0.1) is 0 Å². The van der Waals surface area contributed by atoms with Gasteiger partial charge in [-0.2, -0.15) is 5.06 Å². The van der Waals surface area contributed by atoms with E-state index in [1.165, 1.54) is 0 Å². The van der Waals surface area contributed by atoms with Crippen molar-refractivity contribution in [1.29, 1.82) is 0 Å². The topological polar surface area (TPSA) is 55.6 Å². The van der Waals surface area contributed by atoms with Gasteiger partial charge in [-0.25, -0.2) is 0 Å². The molecular formula is C12H16N2O2. The third kappa shape index (κ3) is 2.59. The molecule has 0 aromatic heterocycles. The molecule has 0 spiro atoms. The minimum Gasteiger partial charge on any atom is -0.368 e. The van der Waals surface area contributed by atoms with Gasteiger partial charge in [0.25, 0.3) is 0 Å². The Morgan fingerprint density at radius 2 is 2.19 bits per heavy atom. The first-order chi connectivity index (χ1) is 7.77. The molecule has 0 saturated carbocycles. The predicted molar refractivity (Wildman–Crippen MR) is 60.2 cm³/mol. The first-order valence-corrected chi connectivity index (χ1v) is 5.50. The van der Waals surface area contributed by atoms with Crippen molar-refractivity contribution in [1.82, 2.24) is 5.06 Å². The molecule has 4 heteroatoms. The zero-order chi connectivity index (χ0) is 11.4. The van der Waals surface area contributed by atoms with Gasteiger partial charge in [0.1, 0.15) is 6.04 Å². The van der Waals surface area contributed by atoms with Crippen LogP contribution in [0, 0.1) is 0 Å². The van der Waals surface area contributed by atoms with Crippen molar-refractivity contribution in [3.05, 3.63) is 35.9 Å². The fourth-order valence-corrected chi connectivity index (χ4v) is 1.91. The monoisotopic (exact) mass is 220 g/mol. The van der Waals surface area contributed by atoms with Gasteiger partial charge in [0.2, 0.25) is 5.91 Å². The van der Waals surface area contributed by atoms with E-state index in [4.69, 9.17) is 10.6 Å². The number of hydroxylamine groups is 2. The van der Waals surface area contributed by atoms with Crippen LogP contribution in [0.25, 0.3) is 0 Å².